The van der Waals surface area contributed by atoms with Gasteiger partial charge in [0.05, 0.1) is 17.3 Å². The standard InChI is InChI=1S/C13H13N3O/c1-9-13(10(2)16(3)15-9)17-12-6-4-5-11(7-12)8-14/h4-7H,1-3H3. The molecule has 0 atom stereocenters. The van der Waals surface area contributed by atoms with Crippen molar-refractivity contribution < 1.29 is 4.74 Å². The van der Waals surface area contributed by atoms with Crippen molar-refractivity contribution in [3.05, 3.63) is 41.2 Å². The van der Waals surface area contributed by atoms with Crippen molar-refractivity contribution in [2.75, 3.05) is 0 Å². The third kappa shape index (κ3) is 2.13. The van der Waals surface area contributed by atoms with E-state index in [1.54, 1.807) is 22.9 Å². The van der Waals surface area contributed by atoms with E-state index in [4.69, 9.17) is 10.00 Å². The average Bonchev–Trinajstić information content (AvgIpc) is 2.56. The Labute approximate surface area is 100 Å². The van der Waals surface area contributed by atoms with E-state index < -0.39 is 0 Å². The Morgan fingerprint density at radius 3 is 2.71 bits per heavy atom. The molecular weight excluding hydrogens is 214 g/mol. The highest BCUT2D eigenvalue weighted by Crippen LogP contribution is 2.28. The minimum atomic E-state index is 0.585. The molecule has 0 bridgehead atoms. The minimum Gasteiger partial charge on any atom is -0.453 e. The summed E-state index contributed by atoms with van der Waals surface area (Å²) in [6, 6.07) is 9.17. The summed E-state index contributed by atoms with van der Waals surface area (Å²) in [6.45, 7) is 3.85. The average molecular weight is 227 g/mol. The van der Waals surface area contributed by atoms with Crippen LogP contribution in [0.1, 0.15) is 17.0 Å². The first-order valence-electron chi connectivity index (χ1n) is 5.30. The van der Waals surface area contributed by atoms with Crippen LogP contribution in [0, 0.1) is 25.2 Å². The van der Waals surface area contributed by atoms with E-state index >= 15 is 0 Å². The summed E-state index contributed by atoms with van der Waals surface area (Å²) in [5.74, 6) is 1.41. The Kier molecular flexibility index (Phi) is 2.84. The molecule has 17 heavy (non-hydrogen) atoms. The van der Waals surface area contributed by atoms with E-state index in [2.05, 4.69) is 11.2 Å². The van der Waals surface area contributed by atoms with Crippen LogP contribution in [0.3, 0.4) is 0 Å². The van der Waals surface area contributed by atoms with E-state index in [1.807, 2.05) is 27.0 Å². The lowest BCUT2D eigenvalue weighted by atomic mass is 10.2. The Hall–Kier alpha value is -2.28. The number of rotatable bonds is 2. The van der Waals surface area contributed by atoms with Gasteiger partial charge in [-0.25, -0.2) is 0 Å². The largest absolute Gasteiger partial charge is 0.453 e. The maximum absolute atomic E-state index is 8.82. The molecule has 0 radical (unpaired) electrons. The second-order valence-electron chi connectivity index (χ2n) is 3.87. The number of ether oxygens (including phenoxy) is 1. The zero-order valence-electron chi connectivity index (χ0n) is 10.1. The molecule has 0 aliphatic heterocycles. The third-order valence-corrected chi connectivity index (χ3v) is 2.63. The number of benzene rings is 1. The molecular formula is C13H13N3O. The zero-order valence-corrected chi connectivity index (χ0v) is 10.1. The van der Waals surface area contributed by atoms with Crippen LogP contribution in [0.5, 0.6) is 11.5 Å². The number of aryl methyl sites for hydroxylation is 2. The molecule has 4 nitrogen and oxygen atoms in total. The summed E-state index contributed by atoms with van der Waals surface area (Å²) in [7, 11) is 1.88. The molecule has 0 fully saturated rings. The third-order valence-electron chi connectivity index (χ3n) is 2.63. The number of hydrogen-bond acceptors (Lipinski definition) is 3. The fraction of sp³-hybridized carbons (Fsp3) is 0.231. The first-order chi connectivity index (χ1) is 8.11. The molecule has 0 aliphatic carbocycles. The second-order valence-corrected chi connectivity index (χ2v) is 3.87. The highest BCUT2D eigenvalue weighted by molar-refractivity contribution is 5.41. The molecule has 86 valence electrons. The predicted octanol–water partition coefficient (Wildman–Crippen LogP) is 2.70. The van der Waals surface area contributed by atoms with Crippen LogP contribution in [0.15, 0.2) is 24.3 Å². The molecule has 0 unspecified atom stereocenters. The van der Waals surface area contributed by atoms with Crippen LogP contribution in [-0.4, -0.2) is 9.78 Å². The van der Waals surface area contributed by atoms with Gasteiger partial charge in [0.15, 0.2) is 5.75 Å². The number of hydrogen-bond donors (Lipinski definition) is 0. The number of nitrogens with zero attached hydrogens (tertiary/aromatic N) is 3. The zero-order chi connectivity index (χ0) is 12.4. The summed E-state index contributed by atoms with van der Waals surface area (Å²) in [4.78, 5) is 0. The maximum atomic E-state index is 8.82. The van der Waals surface area contributed by atoms with Crippen molar-refractivity contribution in [2.45, 2.75) is 13.8 Å². The lowest BCUT2D eigenvalue weighted by Gasteiger charge is -2.05. The van der Waals surface area contributed by atoms with Gasteiger partial charge in [0.25, 0.3) is 0 Å². The summed E-state index contributed by atoms with van der Waals surface area (Å²) >= 11 is 0. The van der Waals surface area contributed by atoms with E-state index in [0.29, 0.717) is 11.3 Å². The maximum Gasteiger partial charge on any atom is 0.171 e. The van der Waals surface area contributed by atoms with Crippen molar-refractivity contribution in [3.8, 4) is 17.6 Å². The van der Waals surface area contributed by atoms with E-state index in [1.165, 1.54) is 0 Å². The topological polar surface area (TPSA) is 50.8 Å². The van der Waals surface area contributed by atoms with Crippen LogP contribution in [0.2, 0.25) is 0 Å². The quantitative estimate of drug-likeness (QED) is 0.792. The molecule has 0 N–H and O–H groups in total. The van der Waals surface area contributed by atoms with Gasteiger partial charge in [-0.05, 0) is 32.0 Å². The van der Waals surface area contributed by atoms with Crippen LogP contribution in [-0.2, 0) is 7.05 Å². The Bertz CT molecular complexity index is 593. The first-order valence-corrected chi connectivity index (χ1v) is 5.30. The summed E-state index contributed by atoms with van der Waals surface area (Å²) in [5, 5.41) is 13.1. The van der Waals surface area contributed by atoms with Gasteiger partial charge in [-0.2, -0.15) is 10.4 Å². The van der Waals surface area contributed by atoms with Crippen LogP contribution < -0.4 is 4.74 Å². The van der Waals surface area contributed by atoms with Crippen LogP contribution >= 0.6 is 0 Å². The fourth-order valence-electron chi connectivity index (χ4n) is 1.65. The molecule has 4 heteroatoms. The van der Waals surface area contributed by atoms with Gasteiger partial charge in [0.1, 0.15) is 11.4 Å². The first kappa shape index (κ1) is 11.2. The molecule has 2 rings (SSSR count). The highest BCUT2D eigenvalue weighted by atomic mass is 16.5. The summed E-state index contributed by atoms with van der Waals surface area (Å²) in [6.07, 6.45) is 0. The lowest BCUT2D eigenvalue weighted by molar-refractivity contribution is 0.474. The molecule has 0 aliphatic rings. The Morgan fingerprint density at radius 1 is 1.35 bits per heavy atom. The molecule has 0 saturated carbocycles. The van der Waals surface area contributed by atoms with Gasteiger partial charge >= 0.3 is 0 Å². The molecule has 0 saturated heterocycles. The fourth-order valence-corrected chi connectivity index (χ4v) is 1.65. The van der Waals surface area contributed by atoms with E-state index in [-0.39, 0.29) is 0 Å². The van der Waals surface area contributed by atoms with Crippen molar-refractivity contribution in [3.63, 3.8) is 0 Å². The van der Waals surface area contributed by atoms with Crippen molar-refractivity contribution in [2.24, 2.45) is 7.05 Å². The van der Waals surface area contributed by atoms with E-state index in [9.17, 15) is 0 Å². The second kappa shape index (κ2) is 4.30. The number of aromatic nitrogens is 2. The van der Waals surface area contributed by atoms with Gasteiger partial charge < -0.3 is 4.74 Å². The Morgan fingerprint density at radius 2 is 2.12 bits per heavy atom. The van der Waals surface area contributed by atoms with Crippen molar-refractivity contribution in [1.82, 2.24) is 9.78 Å². The molecule has 1 heterocycles. The normalized spacial score (nSPS) is 10.0. The smallest absolute Gasteiger partial charge is 0.171 e. The van der Waals surface area contributed by atoms with Crippen molar-refractivity contribution in [1.29, 1.82) is 5.26 Å². The minimum absolute atomic E-state index is 0.585. The molecule has 1 aromatic carbocycles. The SMILES string of the molecule is Cc1nn(C)c(C)c1Oc1cccc(C#N)c1. The summed E-state index contributed by atoms with van der Waals surface area (Å²) in [5.41, 5.74) is 2.39. The predicted molar refractivity (Wildman–Crippen MR) is 63.9 cm³/mol. The van der Waals surface area contributed by atoms with Gasteiger partial charge in [0.2, 0.25) is 0 Å². The Balaban J connectivity index is 2.35. The van der Waals surface area contributed by atoms with Gasteiger partial charge in [-0.1, -0.05) is 6.07 Å². The van der Waals surface area contributed by atoms with Crippen LogP contribution in [0.4, 0.5) is 0 Å². The van der Waals surface area contributed by atoms with Gasteiger partial charge in [-0.15, -0.1) is 0 Å². The molecule has 0 spiro atoms. The van der Waals surface area contributed by atoms with Crippen molar-refractivity contribution >= 4 is 0 Å². The monoisotopic (exact) mass is 227 g/mol. The lowest BCUT2D eigenvalue weighted by Crippen LogP contribution is -1.93. The number of nitriles is 1. The van der Waals surface area contributed by atoms with E-state index in [0.717, 1.165) is 17.1 Å². The molecule has 0 amide bonds. The highest BCUT2D eigenvalue weighted by Gasteiger charge is 2.11. The van der Waals surface area contributed by atoms with Gasteiger partial charge in [-0.3, -0.25) is 4.68 Å². The van der Waals surface area contributed by atoms with Gasteiger partial charge in [0, 0.05) is 7.05 Å². The van der Waals surface area contributed by atoms with Crippen LogP contribution in [0.25, 0.3) is 0 Å². The summed E-state index contributed by atoms with van der Waals surface area (Å²) < 4.78 is 7.55. The molecule has 2 aromatic rings. The molecule has 1 aromatic heterocycles.